The quantitative estimate of drug-likeness (QED) is 0.715. The summed E-state index contributed by atoms with van der Waals surface area (Å²) in [6.45, 7) is 7.47. The van der Waals surface area contributed by atoms with Crippen LogP contribution in [0.3, 0.4) is 0 Å². The Kier molecular flexibility index (Phi) is 4.31. The van der Waals surface area contributed by atoms with Crippen molar-refractivity contribution in [1.29, 1.82) is 0 Å². The summed E-state index contributed by atoms with van der Waals surface area (Å²) in [5, 5.41) is 2.18. The molecule has 0 saturated carbocycles. The first-order chi connectivity index (χ1) is 12.2. The number of aryl methyl sites for hydroxylation is 2. The molecule has 25 heavy (non-hydrogen) atoms. The van der Waals surface area contributed by atoms with Gasteiger partial charge in [0.2, 0.25) is 0 Å². The van der Waals surface area contributed by atoms with Gasteiger partial charge < -0.3 is 14.4 Å². The van der Waals surface area contributed by atoms with Crippen molar-refractivity contribution in [3.05, 3.63) is 35.0 Å². The maximum Gasteiger partial charge on any atom is 0.147 e. The number of benzene rings is 1. The number of methoxy groups -OCH3 is 1. The molecule has 0 unspecified atom stereocenters. The van der Waals surface area contributed by atoms with Crippen LogP contribution in [0.5, 0.6) is 5.75 Å². The van der Waals surface area contributed by atoms with E-state index in [-0.39, 0.29) is 0 Å². The lowest BCUT2D eigenvalue weighted by atomic mass is 10.1. The third kappa shape index (κ3) is 3.07. The van der Waals surface area contributed by atoms with Crippen molar-refractivity contribution in [3.8, 4) is 16.3 Å². The highest BCUT2D eigenvalue weighted by molar-refractivity contribution is 7.15. The fourth-order valence-electron chi connectivity index (χ4n) is 3.21. The van der Waals surface area contributed by atoms with Crippen molar-refractivity contribution in [2.45, 2.75) is 13.8 Å². The lowest BCUT2D eigenvalue weighted by molar-refractivity contribution is 0.122. The largest absolute Gasteiger partial charge is 0.494 e. The zero-order chi connectivity index (χ0) is 17.4. The molecule has 0 amide bonds. The van der Waals surface area contributed by atoms with Crippen LogP contribution in [0, 0.1) is 13.8 Å². The molecule has 0 spiro atoms. The van der Waals surface area contributed by atoms with Crippen LogP contribution < -0.4 is 9.64 Å². The van der Waals surface area contributed by atoms with Gasteiger partial charge in [-0.3, -0.25) is 0 Å². The molecule has 0 aliphatic carbocycles. The van der Waals surface area contributed by atoms with Gasteiger partial charge in [-0.15, -0.1) is 11.3 Å². The van der Waals surface area contributed by atoms with Crippen molar-refractivity contribution in [2.24, 2.45) is 0 Å². The molecule has 3 heterocycles. The first-order valence-electron chi connectivity index (χ1n) is 8.40. The number of thiazole rings is 1. The maximum atomic E-state index is 5.68. The van der Waals surface area contributed by atoms with Gasteiger partial charge in [0, 0.05) is 36.4 Å². The van der Waals surface area contributed by atoms with E-state index < -0.39 is 0 Å². The van der Waals surface area contributed by atoms with E-state index in [9.17, 15) is 0 Å². The fourth-order valence-corrected chi connectivity index (χ4v) is 3.95. The van der Waals surface area contributed by atoms with E-state index in [1.165, 1.54) is 11.3 Å². The molecule has 1 fully saturated rings. The van der Waals surface area contributed by atoms with Crippen LogP contribution in [-0.4, -0.2) is 43.4 Å². The number of anilines is 1. The van der Waals surface area contributed by atoms with Gasteiger partial charge in [-0.1, -0.05) is 0 Å². The third-order valence-electron chi connectivity index (χ3n) is 4.54. The molecule has 1 saturated heterocycles. The Morgan fingerprint density at radius 3 is 2.64 bits per heavy atom. The van der Waals surface area contributed by atoms with Crippen molar-refractivity contribution in [1.82, 2.24) is 9.97 Å². The molecule has 5 nitrogen and oxygen atoms in total. The lowest BCUT2D eigenvalue weighted by Gasteiger charge is -2.29. The van der Waals surface area contributed by atoms with E-state index in [0.717, 1.165) is 58.5 Å². The Bertz CT molecular complexity index is 916. The van der Waals surface area contributed by atoms with Gasteiger partial charge in [0.1, 0.15) is 11.3 Å². The summed E-state index contributed by atoms with van der Waals surface area (Å²) in [5.41, 5.74) is 4.21. The van der Waals surface area contributed by atoms with Gasteiger partial charge >= 0.3 is 0 Å². The minimum absolute atomic E-state index is 0.765. The van der Waals surface area contributed by atoms with Gasteiger partial charge in [-0.05, 0) is 31.5 Å². The Morgan fingerprint density at radius 2 is 1.96 bits per heavy atom. The minimum atomic E-state index is 0.765. The first kappa shape index (κ1) is 16.3. The standard InChI is InChI=1S/C19H21N3O2S/c1-12-8-16(18-11-20-13(2)25-18)21-19-15(12)9-14(10-17(19)23-3)22-4-6-24-7-5-22/h8-11H,4-7H2,1-3H3. The highest BCUT2D eigenvalue weighted by Gasteiger charge is 2.17. The second kappa shape index (κ2) is 6.61. The van der Waals surface area contributed by atoms with Crippen LogP contribution in [0.25, 0.3) is 21.5 Å². The second-order valence-electron chi connectivity index (χ2n) is 6.21. The number of pyridine rings is 1. The number of hydrogen-bond acceptors (Lipinski definition) is 6. The normalized spacial score (nSPS) is 14.9. The molecular weight excluding hydrogens is 334 g/mol. The molecular formula is C19H21N3O2S. The Balaban J connectivity index is 1.85. The van der Waals surface area contributed by atoms with Crippen LogP contribution in [0.4, 0.5) is 5.69 Å². The van der Waals surface area contributed by atoms with E-state index in [4.69, 9.17) is 14.5 Å². The predicted octanol–water partition coefficient (Wildman–Crippen LogP) is 3.82. The van der Waals surface area contributed by atoms with Gasteiger partial charge in [-0.2, -0.15) is 0 Å². The van der Waals surface area contributed by atoms with E-state index in [1.54, 1.807) is 18.4 Å². The molecule has 2 aromatic heterocycles. The maximum absolute atomic E-state index is 5.68. The van der Waals surface area contributed by atoms with Crippen molar-refractivity contribution < 1.29 is 9.47 Å². The average molecular weight is 355 g/mol. The number of aromatic nitrogens is 2. The average Bonchev–Trinajstić information content (AvgIpc) is 3.08. The molecule has 1 aliphatic rings. The number of ether oxygens (including phenoxy) is 2. The number of rotatable bonds is 3. The van der Waals surface area contributed by atoms with Crippen LogP contribution in [0.1, 0.15) is 10.6 Å². The van der Waals surface area contributed by atoms with Crippen LogP contribution in [0.15, 0.2) is 24.4 Å². The first-order valence-corrected chi connectivity index (χ1v) is 9.22. The smallest absolute Gasteiger partial charge is 0.147 e. The minimum Gasteiger partial charge on any atom is -0.494 e. The number of morpholine rings is 1. The van der Waals surface area contributed by atoms with E-state index in [1.807, 2.05) is 13.1 Å². The third-order valence-corrected chi connectivity index (χ3v) is 5.48. The molecule has 4 rings (SSSR count). The zero-order valence-electron chi connectivity index (χ0n) is 14.7. The molecule has 6 heteroatoms. The molecule has 0 atom stereocenters. The SMILES string of the molecule is COc1cc(N2CCOCC2)cc2c(C)cc(-c3cnc(C)s3)nc12. The van der Waals surface area contributed by atoms with Crippen molar-refractivity contribution in [3.63, 3.8) is 0 Å². The molecule has 0 bridgehead atoms. The van der Waals surface area contributed by atoms with Gasteiger partial charge in [-0.25, -0.2) is 9.97 Å². The van der Waals surface area contributed by atoms with Crippen molar-refractivity contribution >= 4 is 27.9 Å². The Hall–Kier alpha value is -2.18. The van der Waals surface area contributed by atoms with Crippen LogP contribution in [0.2, 0.25) is 0 Å². The molecule has 3 aromatic rings. The van der Waals surface area contributed by atoms with E-state index >= 15 is 0 Å². The van der Waals surface area contributed by atoms with Gasteiger partial charge in [0.25, 0.3) is 0 Å². The summed E-state index contributed by atoms with van der Waals surface area (Å²) in [7, 11) is 1.71. The molecule has 1 aliphatic heterocycles. The number of nitrogens with zero attached hydrogens (tertiary/aromatic N) is 3. The van der Waals surface area contributed by atoms with E-state index in [0.29, 0.717) is 0 Å². The fraction of sp³-hybridized carbons (Fsp3) is 0.368. The van der Waals surface area contributed by atoms with E-state index in [2.05, 4.69) is 35.0 Å². The van der Waals surface area contributed by atoms with Gasteiger partial charge in [0.05, 0.1) is 35.9 Å². The second-order valence-corrected chi connectivity index (χ2v) is 7.45. The Labute approximate surface area is 151 Å². The Morgan fingerprint density at radius 1 is 1.16 bits per heavy atom. The summed E-state index contributed by atoms with van der Waals surface area (Å²) in [6.07, 6.45) is 1.89. The molecule has 130 valence electrons. The zero-order valence-corrected chi connectivity index (χ0v) is 15.5. The number of hydrogen-bond donors (Lipinski definition) is 0. The van der Waals surface area contributed by atoms with Crippen LogP contribution >= 0.6 is 11.3 Å². The number of fused-ring (bicyclic) bond motifs is 1. The van der Waals surface area contributed by atoms with Crippen molar-refractivity contribution in [2.75, 3.05) is 38.3 Å². The summed E-state index contributed by atoms with van der Waals surface area (Å²) < 4.78 is 11.1. The monoisotopic (exact) mass is 355 g/mol. The lowest BCUT2D eigenvalue weighted by Crippen LogP contribution is -2.36. The highest BCUT2D eigenvalue weighted by Crippen LogP contribution is 2.35. The summed E-state index contributed by atoms with van der Waals surface area (Å²) in [5.74, 6) is 0.810. The van der Waals surface area contributed by atoms with Gasteiger partial charge in [0.15, 0.2) is 0 Å². The molecule has 0 N–H and O–H groups in total. The summed E-state index contributed by atoms with van der Waals surface area (Å²) in [4.78, 5) is 12.7. The highest BCUT2D eigenvalue weighted by atomic mass is 32.1. The van der Waals surface area contributed by atoms with Crippen LogP contribution in [-0.2, 0) is 4.74 Å². The molecule has 0 radical (unpaired) electrons. The summed E-state index contributed by atoms with van der Waals surface area (Å²) >= 11 is 1.66. The topological polar surface area (TPSA) is 47.5 Å². The summed E-state index contributed by atoms with van der Waals surface area (Å²) in [6, 6.07) is 6.44. The molecule has 1 aromatic carbocycles. The predicted molar refractivity (Wildman–Crippen MR) is 102 cm³/mol.